The number of para-hydroxylation sites is 1. The smallest absolute Gasteiger partial charge is 0.297 e. The molecule has 0 aliphatic heterocycles. The largest absolute Gasteiger partial charge is 0.308 e. The lowest BCUT2D eigenvalue weighted by atomic mass is 10.3. The zero-order chi connectivity index (χ0) is 10.8. The Kier molecular flexibility index (Phi) is 3.64. The summed E-state index contributed by atoms with van der Waals surface area (Å²) in [7, 11) is 0. The Hall–Kier alpha value is -0.130. The van der Waals surface area contributed by atoms with Crippen LogP contribution in [0, 0.1) is 0 Å². The molecule has 0 N–H and O–H groups in total. The summed E-state index contributed by atoms with van der Waals surface area (Å²) < 4.78 is 2.87. The van der Waals surface area contributed by atoms with Crippen LogP contribution in [-0.4, -0.2) is 14.7 Å². The monoisotopic (exact) mass is 349 g/mol. The van der Waals surface area contributed by atoms with E-state index in [4.69, 9.17) is 0 Å². The van der Waals surface area contributed by atoms with Gasteiger partial charge in [0.1, 0.15) is 0 Å². The van der Waals surface area contributed by atoms with E-state index < -0.39 is 0 Å². The van der Waals surface area contributed by atoms with Gasteiger partial charge in [0.2, 0.25) is 0 Å². The lowest BCUT2D eigenvalue weighted by Crippen LogP contribution is -2.19. The van der Waals surface area contributed by atoms with Gasteiger partial charge in [0.25, 0.3) is 0 Å². The van der Waals surface area contributed by atoms with Crippen LogP contribution in [0.5, 0.6) is 0 Å². The molecule has 1 unspecified atom stereocenters. The van der Waals surface area contributed by atoms with Gasteiger partial charge in [0.05, 0.1) is 10.2 Å². The third-order valence-corrected chi connectivity index (χ3v) is 5.35. The quantitative estimate of drug-likeness (QED) is 0.779. The predicted octanol–water partition coefficient (Wildman–Crippen LogP) is 3.22. The van der Waals surface area contributed by atoms with Gasteiger partial charge in [-0.05, 0) is 12.1 Å². The van der Waals surface area contributed by atoms with Gasteiger partial charge in [-0.1, -0.05) is 55.3 Å². The Morgan fingerprint density at radius 2 is 2.13 bits per heavy atom. The van der Waals surface area contributed by atoms with Crippen molar-refractivity contribution in [2.45, 2.75) is 11.4 Å². The fraction of sp³-hybridized carbons (Fsp3) is 0.300. The number of hydrogen-bond donors (Lipinski definition) is 0. The third-order valence-electron chi connectivity index (χ3n) is 2.12. The van der Waals surface area contributed by atoms with Gasteiger partial charge in [-0.25, -0.2) is 0 Å². The molecule has 1 atom stereocenters. The third kappa shape index (κ3) is 2.34. The molecule has 5 heteroatoms. The van der Waals surface area contributed by atoms with E-state index in [1.54, 1.807) is 0 Å². The number of aromatic nitrogens is 1. The molecule has 1 heterocycles. The van der Waals surface area contributed by atoms with Gasteiger partial charge >= 0.3 is 4.87 Å². The minimum absolute atomic E-state index is 0.113. The standard InChI is InChI=1S/C10H9Br2NOS/c11-5-7(12)6-13-8-3-1-2-4-9(8)15-10(13)14/h1-4,7H,5-6H2. The Morgan fingerprint density at radius 1 is 1.40 bits per heavy atom. The van der Waals surface area contributed by atoms with Crippen molar-refractivity contribution in [3.05, 3.63) is 33.9 Å². The van der Waals surface area contributed by atoms with Crippen LogP contribution in [0.1, 0.15) is 0 Å². The van der Waals surface area contributed by atoms with Crippen LogP contribution in [-0.2, 0) is 6.54 Å². The highest BCUT2D eigenvalue weighted by atomic mass is 79.9. The van der Waals surface area contributed by atoms with E-state index in [9.17, 15) is 4.79 Å². The first-order valence-corrected chi connectivity index (χ1v) is 7.36. The summed E-state index contributed by atoms with van der Waals surface area (Å²) in [5.41, 5.74) is 1.03. The Bertz CT molecular complexity index is 519. The highest BCUT2D eigenvalue weighted by Gasteiger charge is 2.10. The van der Waals surface area contributed by atoms with Gasteiger partial charge in [0, 0.05) is 16.7 Å². The summed E-state index contributed by atoms with van der Waals surface area (Å²) in [6.07, 6.45) is 0. The van der Waals surface area contributed by atoms with Crippen LogP contribution in [0.2, 0.25) is 0 Å². The maximum Gasteiger partial charge on any atom is 0.308 e. The number of halogens is 2. The second-order valence-electron chi connectivity index (χ2n) is 3.20. The van der Waals surface area contributed by atoms with Crippen molar-refractivity contribution in [1.29, 1.82) is 0 Å². The van der Waals surface area contributed by atoms with Crippen molar-refractivity contribution in [1.82, 2.24) is 4.57 Å². The number of benzene rings is 1. The number of fused-ring (bicyclic) bond motifs is 1. The van der Waals surface area contributed by atoms with Gasteiger partial charge in [0.15, 0.2) is 0 Å². The molecule has 0 aliphatic rings. The second-order valence-corrected chi connectivity index (χ2v) is 6.13. The first-order chi connectivity index (χ1) is 7.22. The molecule has 0 spiro atoms. The summed E-state index contributed by atoms with van der Waals surface area (Å²) >= 11 is 8.21. The molecule has 1 aromatic carbocycles. The van der Waals surface area contributed by atoms with Crippen molar-refractivity contribution >= 4 is 53.4 Å². The zero-order valence-corrected chi connectivity index (χ0v) is 11.8. The van der Waals surface area contributed by atoms with Gasteiger partial charge in [-0.15, -0.1) is 0 Å². The molecule has 0 saturated carbocycles. The summed E-state index contributed by atoms with van der Waals surface area (Å²) in [5.74, 6) is 0. The topological polar surface area (TPSA) is 22.0 Å². The Balaban J connectivity index is 2.50. The van der Waals surface area contributed by atoms with Crippen LogP contribution in [0.4, 0.5) is 0 Å². The molecule has 0 amide bonds. The molecule has 2 rings (SSSR count). The Labute approximate surface area is 108 Å². The van der Waals surface area contributed by atoms with Crippen molar-refractivity contribution in [3.8, 4) is 0 Å². The maximum atomic E-state index is 11.7. The Morgan fingerprint density at radius 3 is 2.87 bits per heavy atom. The molecular weight excluding hydrogens is 342 g/mol. The predicted molar refractivity (Wildman–Crippen MR) is 72.6 cm³/mol. The first kappa shape index (κ1) is 11.4. The van der Waals surface area contributed by atoms with E-state index in [1.807, 2.05) is 28.8 Å². The molecule has 2 nitrogen and oxygen atoms in total. The number of hydrogen-bond acceptors (Lipinski definition) is 2. The molecule has 0 aliphatic carbocycles. The summed E-state index contributed by atoms with van der Waals surface area (Å²) in [5, 5.41) is 0.837. The molecule has 80 valence electrons. The normalized spacial score (nSPS) is 13.2. The second kappa shape index (κ2) is 4.80. The lowest BCUT2D eigenvalue weighted by Gasteiger charge is -2.07. The van der Waals surface area contributed by atoms with E-state index in [0.29, 0.717) is 6.54 Å². The van der Waals surface area contributed by atoms with E-state index in [-0.39, 0.29) is 9.70 Å². The summed E-state index contributed by atoms with van der Waals surface area (Å²) in [6.45, 7) is 0.702. The molecular formula is C10H9Br2NOS. The van der Waals surface area contributed by atoms with Crippen LogP contribution >= 0.6 is 43.2 Å². The molecule has 1 aromatic heterocycles. The van der Waals surface area contributed by atoms with Crippen molar-refractivity contribution in [2.75, 3.05) is 5.33 Å². The van der Waals surface area contributed by atoms with Gasteiger partial charge in [-0.2, -0.15) is 0 Å². The average molecular weight is 351 g/mol. The van der Waals surface area contributed by atoms with E-state index >= 15 is 0 Å². The molecule has 0 bridgehead atoms. The number of nitrogens with zero attached hydrogens (tertiary/aromatic N) is 1. The zero-order valence-electron chi connectivity index (χ0n) is 7.82. The number of thiazole rings is 1. The van der Waals surface area contributed by atoms with E-state index in [1.165, 1.54) is 11.3 Å². The highest BCUT2D eigenvalue weighted by molar-refractivity contribution is 9.12. The van der Waals surface area contributed by atoms with Crippen LogP contribution in [0.3, 0.4) is 0 Å². The van der Waals surface area contributed by atoms with Crippen molar-refractivity contribution in [2.24, 2.45) is 0 Å². The molecule has 15 heavy (non-hydrogen) atoms. The van der Waals surface area contributed by atoms with Crippen molar-refractivity contribution in [3.63, 3.8) is 0 Å². The molecule has 0 saturated heterocycles. The highest BCUT2D eigenvalue weighted by Crippen LogP contribution is 2.18. The fourth-order valence-corrected chi connectivity index (χ4v) is 2.83. The van der Waals surface area contributed by atoms with Crippen LogP contribution < -0.4 is 4.87 Å². The summed E-state index contributed by atoms with van der Waals surface area (Å²) in [4.78, 5) is 12.1. The van der Waals surface area contributed by atoms with E-state index in [2.05, 4.69) is 31.9 Å². The first-order valence-electron chi connectivity index (χ1n) is 4.51. The van der Waals surface area contributed by atoms with E-state index in [0.717, 1.165) is 15.5 Å². The molecule has 0 radical (unpaired) electrons. The number of alkyl halides is 2. The minimum Gasteiger partial charge on any atom is -0.297 e. The average Bonchev–Trinajstić information content (AvgIpc) is 2.55. The molecule has 2 aromatic rings. The number of rotatable bonds is 3. The van der Waals surface area contributed by atoms with Gasteiger partial charge < -0.3 is 0 Å². The van der Waals surface area contributed by atoms with Crippen LogP contribution in [0.15, 0.2) is 29.1 Å². The van der Waals surface area contributed by atoms with Gasteiger partial charge in [-0.3, -0.25) is 9.36 Å². The minimum atomic E-state index is 0.113. The lowest BCUT2D eigenvalue weighted by molar-refractivity contribution is 0.718. The molecule has 0 fully saturated rings. The van der Waals surface area contributed by atoms with Crippen molar-refractivity contribution < 1.29 is 0 Å². The summed E-state index contributed by atoms with van der Waals surface area (Å²) in [6, 6.07) is 7.89. The van der Waals surface area contributed by atoms with Crippen LogP contribution in [0.25, 0.3) is 10.2 Å². The fourth-order valence-electron chi connectivity index (χ4n) is 1.43. The SMILES string of the molecule is O=c1sc2ccccc2n1CC(Br)CBr. The maximum absolute atomic E-state index is 11.7.